The molecule has 3 fully saturated rings. The molecule has 1 unspecified atom stereocenters. The van der Waals surface area contributed by atoms with E-state index < -0.39 is 0 Å². The normalized spacial score (nSPS) is 44.7. The Morgan fingerprint density at radius 2 is 1.80 bits per heavy atom. The third-order valence-electron chi connectivity index (χ3n) is 2.95. The van der Waals surface area contributed by atoms with Crippen LogP contribution in [0.25, 0.3) is 0 Å². The van der Waals surface area contributed by atoms with Gasteiger partial charge in [0, 0.05) is 6.04 Å². The van der Waals surface area contributed by atoms with Gasteiger partial charge in [0.1, 0.15) is 0 Å². The van der Waals surface area contributed by atoms with Crippen LogP contribution in [0.15, 0.2) is 0 Å². The van der Waals surface area contributed by atoms with Crippen molar-refractivity contribution < 1.29 is 0 Å². The number of rotatable bonds is 0. The summed E-state index contributed by atoms with van der Waals surface area (Å²) < 4.78 is 0. The van der Waals surface area contributed by atoms with Crippen LogP contribution in [-0.4, -0.2) is 24.0 Å². The molecule has 0 aromatic heterocycles. The minimum absolute atomic E-state index is 0. The lowest BCUT2D eigenvalue weighted by molar-refractivity contribution is 0.0594. The van der Waals surface area contributed by atoms with Crippen LogP contribution in [0.1, 0.15) is 26.2 Å². The van der Waals surface area contributed by atoms with Crippen molar-refractivity contribution in [2.45, 2.75) is 32.2 Å². The van der Waals surface area contributed by atoms with E-state index in [-0.39, 0.29) is 17.0 Å². The molecule has 0 radical (unpaired) electrons. The molecule has 0 spiro atoms. The van der Waals surface area contributed by atoms with Crippen LogP contribution in [0.5, 0.6) is 0 Å². The summed E-state index contributed by atoms with van der Waals surface area (Å²) in [5.41, 5.74) is 0. The van der Waals surface area contributed by atoms with Gasteiger partial charge in [-0.1, -0.05) is 0 Å². The molecule has 60 valence electrons. The van der Waals surface area contributed by atoms with Crippen molar-refractivity contribution in [2.24, 2.45) is 5.92 Å². The number of fused-ring (bicyclic) bond motifs is 3. The quantitative estimate of drug-likeness (QED) is 0.586. The van der Waals surface area contributed by atoms with E-state index >= 15 is 0 Å². The lowest BCUT2D eigenvalue weighted by Crippen LogP contribution is -2.46. The maximum Gasteiger partial charge on any atom is 0.00695 e. The Balaban J connectivity index is 0.000000500. The molecule has 3 heterocycles. The van der Waals surface area contributed by atoms with Crippen molar-refractivity contribution in [1.29, 1.82) is 0 Å². The number of piperidine rings is 3. The van der Waals surface area contributed by atoms with Crippen molar-refractivity contribution >= 4 is 17.0 Å². The highest BCUT2D eigenvalue weighted by molar-refractivity contribution is 8.93. The van der Waals surface area contributed by atoms with E-state index in [4.69, 9.17) is 0 Å². The van der Waals surface area contributed by atoms with E-state index in [0.29, 0.717) is 0 Å². The maximum absolute atomic E-state index is 2.62. The Hall–Kier alpha value is 0.440. The first kappa shape index (κ1) is 8.54. The highest BCUT2D eigenvalue weighted by Gasteiger charge is 2.30. The smallest absolute Gasteiger partial charge is 0.00695 e. The fourth-order valence-electron chi connectivity index (χ4n) is 2.26. The SMILES string of the molecule is Br.CC1CC2CCN1CC2. The van der Waals surface area contributed by atoms with Crippen LogP contribution in [0, 0.1) is 5.92 Å². The molecule has 10 heavy (non-hydrogen) atoms. The zero-order valence-electron chi connectivity index (χ0n) is 6.55. The Labute approximate surface area is 73.6 Å². The summed E-state index contributed by atoms with van der Waals surface area (Å²) in [7, 11) is 0. The number of hydrogen-bond acceptors (Lipinski definition) is 1. The van der Waals surface area contributed by atoms with E-state index in [1.807, 2.05) is 0 Å². The summed E-state index contributed by atoms with van der Waals surface area (Å²) in [6.45, 7) is 5.13. The summed E-state index contributed by atoms with van der Waals surface area (Å²) in [5, 5.41) is 0. The summed E-state index contributed by atoms with van der Waals surface area (Å²) in [5.74, 6) is 1.09. The molecule has 0 aromatic rings. The van der Waals surface area contributed by atoms with Crippen molar-refractivity contribution in [3.05, 3.63) is 0 Å². The average Bonchev–Trinajstić information content (AvgIpc) is 1.90. The molecule has 2 bridgehead atoms. The Bertz CT molecular complexity index is 108. The van der Waals surface area contributed by atoms with Crippen LogP contribution in [0.2, 0.25) is 0 Å². The largest absolute Gasteiger partial charge is 0.301 e. The zero-order chi connectivity index (χ0) is 6.27. The molecule has 3 aliphatic rings. The van der Waals surface area contributed by atoms with Gasteiger partial charge in [0.15, 0.2) is 0 Å². The van der Waals surface area contributed by atoms with E-state index in [2.05, 4.69) is 11.8 Å². The summed E-state index contributed by atoms with van der Waals surface area (Å²) in [4.78, 5) is 2.62. The fraction of sp³-hybridized carbons (Fsp3) is 1.00. The minimum atomic E-state index is 0. The lowest BCUT2D eigenvalue weighted by Gasteiger charge is -2.43. The van der Waals surface area contributed by atoms with E-state index in [0.717, 1.165) is 12.0 Å². The van der Waals surface area contributed by atoms with Gasteiger partial charge < -0.3 is 4.90 Å². The maximum atomic E-state index is 2.62. The number of halogens is 1. The average molecular weight is 206 g/mol. The second-order valence-electron chi connectivity index (χ2n) is 3.56. The van der Waals surface area contributed by atoms with Crippen LogP contribution in [0.3, 0.4) is 0 Å². The van der Waals surface area contributed by atoms with E-state index in [9.17, 15) is 0 Å². The van der Waals surface area contributed by atoms with Gasteiger partial charge >= 0.3 is 0 Å². The second-order valence-corrected chi connectivity index (χ2v) is 3.56. The molecule has 3 saturated heterocycles. The summed E-state index contributed by atoms with van der Waals surface area (Å²) in [6.07, 6.45) is 4.43. The van der Waals surface area contributed by atoms with Crippen LogP contribution in [-0.2, 0) is 0 Å². The van der Waals surface area contributed by atoms with Gasteiger partial charge in [-0.25, -0.2) is 0 Å². The molecule has 1 nitrogen and oxygen atoms in total. The van der Waals surface area contributed by atoms with Gasteiger partial charge in [-0.2, -0.15) is 0 Å². The molecule has 3 aliphatic heterocycles. The third-order valence-corrected chi connectivity index (χ3v) is 2.95. The molecule has 0 amide bonds. The molecular formula is C8H16BrN. The van der Waals surface area contributed by atoms with Crippen LogP contribution >= 0.6 is 17.0 Å². The van der Waals surface area contributed by atoms with Gasteiger partial charge in [0.25, 0.3) is 0 Å². The van der Waals surface area contributed by atoms with Crippen LogP contribution < -0.4 is 0 Å². The van der Waals surface area contributed by atoms with Gasteiger partial charge in [-0.3, -0.25) is 0 Å². The number of nitrogens with zero attached hydrogens (tertiary/aromatic N) is 1. The van der Waals surface area contributed by atoms with Crippen molar-refractivity contribution in [2.75, 3.05) is 13.1 Å². The Morgan fingerprint density at radius 1 is 1.20 bits per heavy atom. The molecule has 2 heteroatoms. The fourth-order valence-corrected chi connectivity index (χ4v) is 2.26. The Morgan fingerprint density at radius 3 is 2.00 bits per heavy atom. The molecule has 0 aliphatic carbocycles. The van der Waals surface area contributed by atoms with Crippen molar-refractivity contribution in [3.8, 4) is 0 Å². The van der Waals surface area contributed by atoms with E-state index in [1.165, 1.54) is 32.4 Å². The molecule has 3 rings (SSSR count). The monoisotopic (exact) mass is 205 g/mol. The summed E-state index contributed by atoms with van der Waals surface area (Å²) in [6, 6.07) is 0.900. The topological polar surface area (TPSA) is 3.24 Å². The number of hydrogen-bond donors (Lipinski definition) is 0. The predicted molar refractivity (Wildman–Crippen MR) is 48.7 cm³/mol. The lowest BCUT2D eigenvalue weighted by atomic mass is 9.84. The summed E-state index contributed by atoms with van der Waals surface area (Å²) >= 11 is 0. The first-order chi connectivity index (χ1) is 4.36. The first-order valence-electron chi connectivity index (χ1n) is 4.10. The zero-order valence-corrected chi connectivity index (χ0v) is 8.26. The molecule has 1 atom stereocenters. The molecule has 0 aromatic carbocycles. The minimum Gasteiger partial charge on any atom is -0.301 e. The van der Waals surface area contributed by atoms with E-state index in [1.54, 1.807) is 0 Å². The first-order valence-corrected chi connectivity index (χ1v) is 4.10. The van der Waals surface area contributed by atoms with Crippen LogP contribution in [0.4, 0.5) is 0 Å². The molecule has 0 saturated carbocycles. The Kier molecular flexibility index (Phi) is 2.75. The van der Waals surface area contributed by atoms with Crippen molar-refractivity contribution in [3.63, 3.8) is 0 Å². The highest BCUT2D eigenvalue weighted by atomic mass is 79.9. The highest BCUT2D eigenvalue weighted by Crippen LogP contribution is 2.30. The van der Waals surface area contributed by atoms with Gasteiger partial charge in [0.05, 0.1) is 0 Å². The predicted octanol–water partition coefficient (Wildman–Crippen LogP) is 2.07. The standard InChI is InChI=1S/C8H15N.BrH/c1-7-6-8-2-4-9(7)5-3-8;/h7-8H,2-6H2,1H3;1H. The van der Waals surface area contributed by atoms with Gasteiger partial charge in [-0.15, -0.1) is 17.0 Å². The second kappa shape index (κ2) is 3.22. The van der Waals surface area contributed by atoms with Gasteiger partial charge in [-0.05, 0) is 45.2 Å². The van der Waals surface area contributed by atoms with Gasteiger partial charge in [0.2, 0.25) is 0 Å². The molecular weight excluding hydrogens is 190 g/mol. The van der Waals surface area contributed by atoms with Crippen molar-refractivity contribution in [1.82, 2.24) is 4.90 Å². The molecule has 0 N–H and O–H groups in total. The third kappa shape index (κ3) is 1.37.